The summed E-state index contributed by atoms with van der Waals surface area (Å²) in [5, 5.41) is 2.83. The highest BCUT2D eigenvalue weighted by molar-refractivity contribution is 7.14. The Balaban J connectivity index is 1.94. The molecule has 4 rings (SSSR count). The SMILES string of the molecule is C1=CC(c2sc(C3C=CC=C3)c3ccccc23)C=C1. The van der Waals surface area contributed by atoms with Gasteiger partial charge in [0.15, 0.2) is 0 Å². The second-order valence-electron chi connectivity index (χ2n) is 4.97. The van der Waals surface area contributed by atoms with E-state index in [2.05, 4.69) is 72.9 Å². The predicted octanol–water partition coefficient (Wildman–Crippen LogP) is 5.32. The maximum atomic E-state index is 2.28. The Kier molecular flexibility index (Phi) is 2.52. The lowest BCUT2D eigenvalue weighted by atomic mass is 10.0. The standard InChI is InChI=1S/C18H14S/c1-2-8-13(7-1)17-15-11-5-6-12-16(15)18(19-17)14-9-3-4-10-14/h1-14H. The lowest BCUT2D eigenvalue weighted by Crippen LogP contribution is -1.83. The molecule has 2 aliphatic carbocycles. The van der Waals surface area contributed by atoms with Gasteiger partial charge in [0.1, 0.15) is 0 Å². The minimum Gasteiger partial charge on any atom is -0.142 e. The van der Waals surface area contributed by atoms with Crippen LogP contribution < -0.4 is 0 Å². The minimum absolute atomic E-state index is 0.456. The molecular formula is C18H14S. The van der Waals surface area contributed by atoms with Crippen LogP contribution in [0.15, 0.2) is 72.9 Å². The molecule has 2 aliphatic rings. The second kappa shape index (κ2) is 4.36. The third kappa shape index (κ3) is 1.73. The van der Waals surface area contributed by atoms with Crippen molar-refractivity contribution in [3.63, 3.8) is 0 Å². The Hall–Kier alpha value is -1.86. The minimum atomic E-state index is 0.456. The Morgan fingerprint density at radius 1 is 0.632 bits per heavy atom. The van der Waals surface area contributed by atoms with E-state index < -0.39 is 0 Å². The van der Waals surface area contributed by atoms with Crippen LogP contribution in [0.25, 0.3) is 10.8 Å². The molecule has 0 saturated carbocycles. The van der Waals surface area contributed by atoms with Crippen molar-refractivity contribution in [3.05, 3.63) is 82.6 Å². The molecule has 0 saturated heterocycles. The third-order valence-electron chi connectivity index (χ3n) is 3.78. The molecule has 1 heteroatoms. The highest BCUT2D eigenvalue weighted by Gasteiger charge is 2.20. The molecule has 0 atom stereocenters. The molecule has 0 bridgehead atoms. The Bertz CT molecular complexity index is 654. The highest BCUT2D eigenvalue weighted by atomic mass is 32.1. The van der Waals surface area contributed by atoms with E-state index in [1.807, 2.05) is 11.3 Å². The van der Waals surface area contributed by atoms with Gasteiger partial charge in [0.2, 0.25) is 0 Å². The Morgan fingerprint density at radius 3 is 1.47 bits per heavy atom. The van der Waals surface area contributed by atoms with Crippen LogP contribution in [-0.2, 0) is 0 Å². The number of fused-ring (bicyclic) bond motifs is 1. The zero-order valence-corrected chi connectivity index (χ0v) is 11.3. The number of hydrogen-bond donors (Lipinski definition) is 0. The first-order valence-corrected chi connectivity index (χ1v) is 7.46. The molecule has 19 heavy (non-hydrogen) atoms. The van der Waals surface area contributed by atoms with Gasteiger partial charge in [0.25, 0.3) is 0 Å². The van der Waals surface area contributed by atoms with Crippen LogP contribution in [0.2, 0.25) is 0 Å². The molecule has 0 fully saturated rings. The monoisotopic (exact) mass is 262 g/mol. The van der Waals surface area contributed by atoms with E-state index in [9.17, 15) is 0 Å². The largest absolute Gasteiger partial charge is 0.142 e. The molecule has 92 valence electrons. The molecule has 0 radical (unpaired) electrons. The van der Waals surface area contributed by atoms with Crippen LogP contribution >= 0.6 is 11.3 Å². The first kappa shape index (κ1) is 11.0. The van der Waals surface area contributed by atoms with Gasteiger partial charge >= 0.3 is 0 Å². The van der Waals surface area contributed by atoms with E-state index in [0.717, 1.165) is 0 Å². The van der Waals surface area contributed by atoms with Crippen LogP contribution in [0, 0.1) is 0 Å². The number of allylic oxidation sites excluding steroid dienone is 8. The summed E-state index contributed by atoms with van der Waals surface area (Å²) < 4.78 is 0. The molecule has 1 heterocycles. The van der Waals surface area contributed by atoms with Crippen LogP contribution in [-0.4, -0.2) is 0 Å². The molecule has 0 spiro atoms. The highest BCUT2D eigenvalue weighted by Crippen LogP contribution is 2.43. The van der Waals surface area contributed by atoms with Gasteiger partial charge in [-0.15, -0.1) is 11.3 Å². The maximum absolute atomic E-state index is 2.28. The summed E-state index contributed by atoms with van der Waals surface area (Å²) in [6, 6.07) is 8.80. The quantitative estimate of drug-likeness (QED) is 0.687. The van der Waals surface area contributed by atoms with Gasteiger partial charge in [-0.2, -0.15) is 0 Å². The van der Waals surface area contributed by atoms with Crippen molar-refractivity contribution >= 4 is 22.1 Å². The summed E-state index contributed by atoms with van der Waals surface area (Å²) in [4.78, 5) is 2.95. The molecule has 2 aromatic rings. The van der Waals surface area contributed by atoms with E-state index in [1.165, 1.54) is 20.5 Å². The number of benzene rings is 1. The summed E-state index contributed by atoms with van der Waals surface area (Å²) in [6.07, 6.45) is 17.7. The molecular weight excluding hydrogens is 248 g/mol. The van der Waals surface area contributed by atoms with E-state index in [1.54, 1.807) is 0 Å². The van der Waals surface area contributed by atoms with Crippen molar-refractivity contribution < 1.29 is 0 Å². The van der Waals surface area contributed by atoms with Crippen LogP contribution in [0.4, 0.5) is 0 Å². The second-order valence-corrected chi connectivity index (χ2v) is 6.05. The fourth-order valence-electron chi connectivity index (χ4n) is 2.85. The summed E-state index contributed by atoms with van der Waals surface area (Å²) in [5.74, 6) is 0.913. The molecule has 1 aromatic heterocycles. The van der Waals surface area contributed by atoms with E-state index >= 15 is 0 Å². The number of thiophene rings is 1. The van der Waals surface area contributed by atoms with Crippen LogP contribution in [0.5, 0.6) is 0 Å². The Labute approximate surface area is 117 Å². The van der Waals surface area contributed by atoms with Crippen LogP contribution in [0.1, 0.15) is 21.6 Å². The third-order valence-corrected chi connectivity index (χ3v) is 5.20. The lowest BCUT2D eigenvalue weighted by Gasteiger charge is -2.02. The summed E-state index contributed by atoms with van der Waals surface area (Å²) in [5.41, 5.74) is 0. The van der Waals surface area contributed by atoms with E-state index in [0.29, 0.717) is 11.8 Å². The molecule has 0 N–H and O–H groups in total. The van der Waals surface area contributed by atoms with Gasteiger partial charge in [-0.1, -0.05) is 72.9 Å². The molecule has 0 nitrogen and oxygen atoms in total. The van der Waals surface area contributed by atoms with Crippen molar-refractivity contribution in [2.24, 2.45) is 0 Å². The zero-order valence-electron chi connectivity index (χ0n) is 10.5. The summed E-state index contributed by atoms with van der Waals surface area (Å²) in [6.45, 7) is 0. The fraction of sp³-hybridized carbons (Fsp3) is 0.111. The summed E-state index contributed by atoms with van der Waals surface area (Å²) >= 11 is 1.96. The zero-order chi connectivity index (χ0) is 12.7. The Morgan fingerprint density at radius 2 is 1.05 bits per heavy atom. The van der Waals surface area contributed by atoms with Gasteiger partial charge in [-0.05, 0) is 10.8 Å². The van der Waals surface area contributed by atoms with Crippen molar-refractivity contribution in [1.82, 2.24) is 0 Å². The van der Waals surface area contributed by atoms with E-state index in [-0.39, 0.29) is 0 Å². The van der Waals surface area contributed by atoms with Crippen molar-refractivity contribution in [2.75, 3.05) is 0 Å². The fourth-order valence-corrected chi connectivity index (χ4v) is 4.25. The molecule has 0 amide bonds. The summed E-state index contributed by atoms with van der Waals surface area (Å²) in [7, 11) is 0. The first-order valence-electron chi connectivity index (χ1n) is 6.65. The smallest absolute Gasteiger partial charge is 0.0305 e. The topological polar surface area (TPSA) is 0 Å². The van der Waals surface area contributed by atoms with E-state index in [4.69, 9.17) is 0 Å². The molecule has 0 unspecified atom stereocenters. The van der Waals surface area contributed by atoms with Crippen molar-refractivity contribution in [3.8, 4) is 0 Å². The maximum Gasteiger partial charge on any atom is 0.0305 e. The number of rotatable bonds is 2. The normalized spacial score (nSPS) is 18.3. The lowest BCUT2D eigenvalue weighted by molar-refractivity contribution is 1.16. The van der Waals surface area contributed by atoms with Gasteiger partial charge < -0.3 is 0 Å². The average molecular weight is 262 g/mol. The van der Waals surface area contributed by atoms with Gasteiger partial charge in [0, 0.05) is 21.6 Å². The first-order chi connectivity index (χ1) is 9.43. The van der Waals surface area contributed by atoms with Gasteiger partial charge in [-0.25, -0.2) is 0 Å². The number of hydrogen-bond acceptors (Lipinski definition) is 1. The van der Waals surface area contributed by atoms with Gasteiger partial charge in [-0.3, -0.25) is 0 Å². The van der Waals surface area contributed by atoms with Crippen molar-refractivity contribution in [2.45, 2.75) is 11.8 Å². The van der Waals surface area contributed by atoms with Crippen LogP contribution in [0.3, 0.4) is 0 Å². The van der Waals surface area contributed by atoms with Gasteiger partial charge in [0.05, 0.1) is 0 Å². The predicted molar refractivity (Wildman–Crippen MR) is 83.9 cm³/mol. The molecule has 1 aromatic carbocycles. The molecule has 0 aliphatic heterocycles. The van der Waals surface area contributed by atoms with Crippen molar-refractivity contribution in [1.29, 1.82) is 0 Å². The average Bonchev–Trinajstić information content (AvgIpc) is 3.18.